The number of hydrogen-bond acceptors (Lipinski definition) is 2. The summed E-state index contributed by atoms with van der Waals surface area (Å²) in [5, 5.41) is 0. The van der Waals surface area contributed by atoms with E-state index in [-0.39, 0.29) is 28.3 Å². The van der Waals surface area contributed by atoms with E-state index in [1.165, 1.54) is 19.3 Å². The van der Waals surface area contributed by atoms with Gasteiger partial charge >= 0.3 is 0 Å². The molecule has 2 nitrogen and oxygen atoms in total. The molecular weight excluding hydrogens is 212 g/mol. The van der Waals surface area contributed by atoms with Gasteiger partial charge in [-0.1, -0.05) is 27.2 Å². The number of fused-ring (bicyclic) bond motifs is 5. The van der Waals surface area contributed by atoms with Crippen LogP contribution in [0.2, 0.25) is 0 Å². The van der Waals surface area contributed by atoms with E-state index >= 15 is 0 Å². The minimum Gasteiger partial charge on any atom is -0.380 e. The van der Waals surface area contributed by atoms with Gasteiger partial charge < -0.3 is 4.74 Å². The fourth-order valence-electron chi connectivity index (χ4n) is 5.70. The van der Waals surface area contributed by atoms with Gasteiger partial charge in [-0.15, -0.1) is 0 Å². The highest BCUT2D eigenvalue weighted by Crippen LogP contribution is 2.75. The van der Waals surface area contributed by atoms with Gasteiger partial charge in [0.1, 0.15) is 5.78 Å². The Morgan fingerprint density at radius 3 is 2.47 bits per heavy atom. The van der Waals surface area contributed by atoms with Crippen molar-refractivity contribution < 1.29 is 9.53 Å². The molecule has 0 aromatic rings. The Morgan fingerprint density at radius 1 is 1.12 bits per heavy atom. The molecule has 3 aliphatic carbocycles. The van der Waals surface area contributed by atoms with E-state index in [0.29, 0.717) is 5.78 Å². The largest absolute Gasteiger partial charge is 0.380 e. The minimum absolute atomic E-state index is 0.152. The Kier molecular flexibility index (Phi) is 2.16. The van der Waals surface area contributed by atoms with Crippen molar-refractivity contribution in [2.45, 2.75) is 59.0 Å². The molecule has 17 heavy (non-hydrogen) atoms. The summed E-state index contributed by atoms with van der Waals surface area (Å²) in [7, 11) is 1.79. The van der Waals surface area contributed by atoms with Gasteiger partial charge in [0.25, 0.3) is 0 Å². The average Bonchev–Trinajstić information content (AvgIpc) is 2.64. The summed E-state index contributed by atoms with van der Waals surface area (Å²) in [6.45, 7) is 7.15. The number of ketones is 1. The Balaban J connectivity index is 2.20. The molecule has 2 heteroatoms. The van der Waals surface area contributed by atoms with Gasteiger partial charge in [-0.2, -0.15) is 0 Å². The van der Waals surface area contributed by atoms with Crippen molar-refractivity contribution in [2.24, 2.45) is 22.2 Å². The normalized spacial score (nSPS) is 57.3. The third kappa shape index (κ3) is 1.01. The van der Waals surface area contributed by atoms with Crippen molar-refractivity contribution in [1.29, 1.82) is 0 Å². The first-order valence-corrected chi connectivity index (χ1v) is 6.96. The molecule has 96 valence electrons. The maximum absolute atomic E-state index is 12.4. The smallest absolute Gasteiger partial charge is 0.139 e. The Labute approximate surface area is 104 Å². The van der Waals surface area contributed by atoms with Gasteiger partial charge in [0.15, 0.2) is 0 Å². The van der Waals surface area contributed by atoms with Crippen molar-refractivity contribution in [1.82, 2.24) is 0 Å². The summed E-state index contributed by atoms with van der Waals surface area (Å²) >= 11 is 0. The van der Waals surface area contributed by atoms with Crippen LogP contribution in [0, 0.1) is 22.2 Å². The zero-order valence-electron chi connectivity index (χ0n) is 11.5. The van der Waals surface area contributed by atoms with E-state index in [0.717, 1.165) is 12.8 Å². The lowest BCUT2D eigenvalue weighted by Crippen LogP contribution is -2.45. The lowest BCUT2D eigenvalue weighted by Gasteiger charge is -2.46. The minimum atomic E-state index is 0.152. The second-order valence-electron chi connectivity index (χ2n) is 7.12. The SMILES string of the molecule is CO[C@@H]1[C@@H]2C(=O)CC[C@@]1(C)[C@@]1(C)CCC[C@@]21C. The van der Waals surface area contributed by atoms with E-state index < -0.39 is 0 Å². The summed E-state index contributed by atoms with van der Waals surface area (Å²) in [6.07, 6.45) is 5.69. The molecule has 0 heterocycles. The van der Waals surface area contributed by atoms with Crippen LogP contribution in [-0.4, -0.2) is 19.0 Å². The van der Waals surface area contributed by atoms with E-state index in [1.54, 1.807) is 7.11 Å². The fraction of sp³-hybridized carbons (Fsp3) is 0.933. The molecule has 2 bridgehead atoms. The Hall–Kier alpha value is -0.370. The van der Waals surface area contributed by atoms with Crippen LogP contribution in [0.4, 0.5) is 0 Å². The lowest BCUT2D eigenvalue weighted by atomic mass is 9.59. The van der Waals surface area contributed by atoms with Gasteiger partial charge in [-0.05, 0) is 30.1 Å². The van der Waals surface area contributed by atoms with E-state index in [4.69, 9.17) is 4.74 Å². The van der Waals surface area contributed by atoms with Crippen LogP contribution in [0.5, 0.6) is 0 Å². The highest BCUT2D eigenvalue weighted by atomic mass is 16.5. The fourth-order valence-corrected chi connectivity index (χ4v) is 5.70. The van der Waals surface area contributed by atoms with Gasteiger partial charge in [-0.25, -0.2) is 0 Å². The molecule has 5 atom stereocenters. The van der Waals surface area contributed by atoms with Gasteiger partial charge in [0.2, 0.25) is 0 Å². The topological polar surface area (TPSA) is 26.3 Å². The van der Waals surface area contributed by atoms with Crippen LogP contribution >= 0.6 is 0 Å². The molecule has 0 saturated heterocycles. The van der Waals surface area contributed by atoms with Crippen molar-refractivity contribution in [2.75, 3.05) is 7.11 Å². The molecule has 3 fully saturated rings. The highest BCUT2D eigenvalue weighted by Gasteiger charge is 2.74. The van der Waals surface area contributed by atoms with Crippen molar-refractivity contribution >= 4 is 5.78 Å². The maximum Gasteiger partial charge on any atom is 0.139 e. The summed E-state index contributed by atoms with van der Waals surface area (Å²) in [6, 6.07) is 0. The quantitative estimate of drug-likeness (QED) is 0.699. The molecule has 0 aromatic carbocycles. The van der Waals surface area contributed by atoms with Crippen molar-refractivity contribution in [3.63, 3.8) is 0 Å². The molecule has 0 aromatic heterocycles. The van der Waals surface area contributed by atoms with E-state index in [2.05, 4.69) is 20.8 Å². The molecule has 0 amide bonds. The molecule has 0 N–H and O–H groups in total. The van der Waals surface area contributed by atoms with Crippen LogP contribution in [0.1, 0.15) is 52.9 Å². The summed E-state index contributed by atoms with van der Waals surface area (Å²) in [5.74, 6) is 0.612. The molecule has 3 aliphatic rings. The zero-order valence-corrected chi connectivity index (χ0v) is 11.5. The molecule has 0 radical (unpaired) electrons. The van der Waals surface area contributed by atoms with Crippen molar-refractivity contribution in [3.05, 3.63) is 0 Å². The van der Waals surface area contributed by atoms with E-state index in [1.807, 2.05) is 0 Å². The third-order valence-corrected chi connectivity index (χ3v) is 7.00. The molecule has 0 unspecified atom stereocenters. The number of rotatable bonds is 1. The number of carbonyl (C=O) groups is 1. The molecular formula is C15H24O2. The molecule has 0 aliphatic heterocycles. The standard InChI is InChI=1S/C15H24O2/c1-13-7-5-8-15(13,3)14(2)9-6-10(16)11(13)12(14)17-4/h11-12H,5-9H2,1-4H3/t11-,12+,13-,14+,15-/m0/s1. The summed E-state index contributed by atoms with van der Waals surface area (Å²) in [5.41, 5.74) is 0.666. The third-order valence-electron chi connectivity index (χ3n) is 7.00. The average molecular weight is 236 g/mol. The Morgan fingerprint density at radius 2 is 1.82 bits per heavy atom. The predicted octanol–water partition coefficient (Wildman–Crippen LogP) is 3.20. The van der Waals surface area contributed by atoms with Crippen LogP contribution in [0.25, 0.3) is 0 Å². The zero-order chi connectivity index (χ0) is 12.5. The van der Waals surface area contributed by atoms with Crippen molar-refractivity contribution in [3.8, 4) is 0 Å². The van der Waals surface area contributed by atoms with Gasteiger partial charge in [-0.3, -0.25) is 4.79 Å². The van der Waals surface area contributed by atoms with Gasteiger partial charge in [0, 0.05) is 18.9 Å². The first-order chi connectivity index (χ1) is 7.91. The Bertz CT molecular complexity index is 377. The van der Waals surface area contributed by atoms with Crippen LogP contribution in [0.3, 0.4) is 0 Å². The summed E-state index contributed by atoms with van der Waals surface area (Å²) in [4.78, 5) is 12.4. The first-order valence-electron chi connectivity index (χ1n) is 6.96. The van der Waals surface area contributed by atoms with E-state index in [9.17, 15) is 4.79 Å². The number of ether oxygens (including phenoxy) is 1. The number of hydrogen-bond donors (Lipinski definition) is 0. The molecule has 3 rings (SSSR count). The lowest BCUT2D eigenvalue weighted by molar-refractivity contribution is -0.138. The predicted molar refractivity (Wildman–Crippen MR) is 66.7 cm³/mol. The molecule has 0 spiro atoms. The molecule has 3 saturated carbocycles. The highest BCUT2D eigenvalue weighted by molar-refractivity contribution is 5.85. The van der Waals surface area contributed by atoms with Crippen LogP contribution in [-0.2, 0) is 9.53 Å². The second kappa shape index (κ2) is 3.14. The first kappa shape index (κ1) is 11.7. The number of Topliss-reactive ketones (excluding diaryl/α,β-unsaturated/α-hetero) is 1. The van der Waals surface area contributed by atoms with Crippen LogP contribution in [0.15, 0.2) is 0 Å². The number of carbonyl (C=O) groups excluding carboxylic acids is 1. The second-order valence-corrected chi connectivity index (χ2v) is 7.12. The number of methoxy groups -OCH3 is 1. The van der Waals surface area contributed by atoms with Gasteiger partial charge in [0.05, 0.1) is 12.0 Å². The maximum atomic E-state index is 12.4. The monoisotopic (exact) mass is 236 g/mol. The van der Waals surface area contributed by atoms with Crippen LogP contribution < -0.4 is 0 Å². The summed E-state index contributed by atoms with van der Waals surface area (Å²) < 4.78 is 5.80.